The van der Waals surface area contributed by atoms with Gasteiger partial charge in [-0.05, 0) is 33.2 Å². The molecule has 1 N–H and O–H groups in total. The second-order valence-corrected chi connectivity index (χ2v) is 6.06. The summed E-state index contributed by atoms with van der Waals surface area (Å²) in [4.78, 5) is 0. The van der Waals surface area contributed by atoms with Crippen LogP contribution in [0.2, 0.25) is 0 Å². The molecule has 0 aliphatic heterocycles. The predicted molar refractivity (Wildman–Crippen MR) is 67.7 cm³/mol. The van der Waals surface area contributed by atoms with Gasteiger partial charge in [0.05, 0.1) is 0 Å². The summed E-state index contributed by atoms with van der Waals surface area (Å²) in [6.45, 7) is 7.44. The lowest BCUT2D eigenvalue weighted by molar-refractivity contribution is 0.526. The molecular formula is C10H19N3S2. The summed E-state index contributed by atoms with van der Waals surface area (Å²) < 4.78 is 1.10. The van der Waals surface area contributed by atoms with E-state index >= 15 is 0 Å². The molecule has 1 atom stereocenters. The Morgan fingerprint density at radius 3 is 2.87 bits per heavy atom. The summed E-state index contributed by atoms with van der Waals surface area (Å²) in [5.41, 5.74) is 0. The van der Waals surface area contributed by atoms with E-state index in [0.717, 1.165) is 21.6 Å². The molecule has 0 amide bonds. The van der Waals surface area contributed by atoms with Crippen molar-refractivity contribution in [3.63, 3.8) is 0 Å². The highest BCUT2D eigenvalue weighted by Gasteiger charge is 2.02. The van der Waals surface area contributed by atoms with E-state index < -0.39 is 0 Å². The molecule has 86 valence electrons. The van der Waals surface area contributed by atoms with Gasteiger partial charge in [-0.25, -0.2) is 0 Å². The largest absolute Gasteiger partial charge is 0.315 e. The normalized spacial score (nSPS) is 13.0. The fourth-order valence-corrected chi connectivity index (χ4v) is 3.18. The highest BCUT2D eigenvalue weighted by molar-refractivity contribution is 8.01. The van der Waals surface area contributed by atoms with E-state index in [1.165, 1.54) is 12.8 Å². The van der Waals surface area contributed by atoms with E-state index in [9.17, 15) is 0 Å². The maximum atomic E-state index is 4.08. The quantitative estimate of drug-likeness (QED) is 0.592. The number of nitrogens with zero attached hydrogens (tertiary/aromatic N) is 2. The van der Waals surface area contributed by atoms with Gasteiger partial charge < -0.3 is 5.32 Å². The standard InChI is InChI=1S/C10H19N3S2/c1-4-11-8(2)6-5-7-14-10-13-12-9(3)15-10/h8,11H,4-7H2,1-3H3. The highest BCUT2D eigenvalue weighted by atomic mass is 32.2. The minimum atomic E-state index is 0.631. The predicted octanol–water partition coefficient (Wildman–Crippen LogP) is 2.72. The lowest BCUT2D eigenvalue weighted by Gasteiger charge is -2.10. The minimum Gasteiger partial charge on any atom is -0.315 e. The van der Waals surface area contributed by atoms with Gasteiger partial charge in [-0.2, -0.15) is 0 Å². The summed E-state index contributed by atoms with van der Waals surface area (Å²) in [6, 6.07) is 0.631. The van der Waals surface area contributed by atoms with E-state index in [-0.39, 0.29) is 0 Å². The van der Waals surface area contributed by atoms with E-state index in [1.807, 2.05) is 18.7 Å². The minimum absolute atomic E-state index is 0.631. The SMILES string of the molecule is CCNC(C)CCCSc1nnc(C)s1. The van der Waals surface area contributed by atoms with E-state index in [1.54, 1.807) is 11.3 Å². The second kappa shape index (κ2) is 7.19. The Kier molecular flexibility index (Phi) is 6.20. The molecule has 0 aromatic carbocycles. The summed E-state index contributed by atoms with van der Waals surface area (Å²) in [7, 11) is 0. The Morgan fingerprint density at radius 2 is 2.27 bits per heavy atom. The van der Waals surface area contributed by atoms with E-state index in [2.05, 4.69) is 29.4 Å². The first kappa shape index (κ1) is 12.9. The van der Waals surface area contributed by atoms with Gasteiger partial charge >= 0.3 is 0 Å². The molecule has 0 saturated heterocycles. The molecule has 0 aliphatic rings. The fraction of sp³-hybridized carbons (Fsp3) is 0.800. The summed E-state index contributed by atoms with van der Waals surface area (Å²) >= 11 is 3.50. The average molecular weight is 245 g/mol. The molecule has 5 heteroatoms. The van der Waals surface area contributed by atoms with Crippen molar-refractivity contribution in [2.45, 2.75) is 44.0 Å². The third-order valence-corrected chi connectivity index (χ3v) is 4.13. The first-order valence-electron chi connectivity index (χ1n) is 5.38. The molecule has 0 spiro atoms. The van der Waals surface area contributed by atoms with Crippen molar-refractivity contribution in [2.75, 3.05) is 12.3 Å². The number of aryl methyl sites for hydroxylation is 1. The smallest absolute Gasteiger partial charge is 0.174 e. The summed E-state index contributed by atoms with van der Waals surface area (Å²) in [6.07, 6.45) is 2.47. The molecule has 15 heavy (non-hydrogen) atoms. The van der Waals surface area contributed by atoms with Crippen molar-refractivity contribution in [2.24, 2.45) is 0 Å². The zero-order valence-corrected chi connectivity index (χ0v) is 11.2. The molecule has 1 unspecified atom stereocenters. The Bertz CT molecular complexity index is 275. The molecular weight excluding hydrogens is 226 g/mol. The van der Waals surface area contributed by atoms with Crippen molar-refractivity contribution in [1.82, 2.24) is 15.5 Å². The summed E-state index contributed by atoms with van der Waals surface area (Å²) in [5, 5.41) is 12.5. The fourth-order valence-electron chi connectivity index (χ4n) is 1.34. The van der Waals surface area contributed by atoms with Crippen LogP contribution in [0.15, 0.2) is 4.34 Å². The van der Waals surface area contributed by atoms with Gasteiger partial charge in [-0.15, -0.1) is 10.2 Å². The van der Waals surface area contributed by atoms with Gasteiger partial charge in [-0.1, -0.05) is 30.0 Å². The van der Waals surface area contributed by atoms with E-state index in [4.69, 9.17) is 0 Å². The average Bonchev–Trinajstić information content (AvgIpc) is 2.60. The number of thioether (sulfide) groups is 1. The number of rotatable bonds is 7. The van der Waals surface area contributed by atoms with Crippen LogP contribution in [0.1, 0.15) is 31.7 Å². The molecule has 0 bridgehead atoms. The molecule has 1 heterocycles. The van der Waals surface area contributed by atoms with Gasteiger partial charge in [0.2, 0.25) is 0 Å². The Balaban J connectivity index is 2.06. The summed E-state index contributed by atoms with van der Waals surface area (Å²) in [5.74, 6) is 1.14. The third-order valence-electron chi connectivity index (χ3n) is 2.07. The van der Waals surface area contributed by atoms with Crippen molar-refractivity contribution in [3.8, 4) is 0 Å². The van der Waals surface area contributed by atoms with Crippen LogP contribution in [0.4, 0.5) is 0 Å². The third kappa shape index (κ3) is 5.49. The molecule has 1 aromatic heterocycles. The maximum absolute atomic E-state index is 4.08. The molecule has 0 radical (unpaired) electrons. The van der Waals surface area contributed by atoms with Crippen molar-refractivity contribution in [1.29, 1.82) is 0 Å². The highest BCUT2D eigenvalue weighted by Crippen LogP contribution is 2.22. The van der Waals surface area contributed by atoms with Crippen molar-refractivity contribution < 1.29 is 0 Å². The zero-order valence-electron chi connectivity index (χ0n) is 9.62. The van der Waals surface area contributed by atoms with Crippen molar-refractivity contribution >= 4 is 23.1 Å². The molecule has 0 fully saturated rings. The first-order valence-corrected chi connectivity index (χ1v) is 7.19. The van der Waals surface area contributed by atoms with Gasteiger partial charge in [0.1, 0.15) is 5.01 Å². The van der Waals surface area contributed by atoms with E-state index in [0.29, 0.717) is 6.04 Å². The number of hydrogen-bond donors (Lipinski definition) is 1. The van der Waals surface area contributed by atoms with Crippen LogP contribution >= 0.6 is 23.1 Å². The second-order valence-electron chi connectivity index (χ2n) is 3.54. The molecule has 0 saturated carbocycles. The van der Waals surface area contributed by atoms with Crippen LogP contribution in [-0.4, -0.2) is 28.5 Å². The molecule has 3 nitrogen and oxygen atoms in total. The Hall–Kier alpha value is -0.130. The molecule has 1 aromatic rings. The topological polar surface area (TPSA) is 37.8 Å². The molecule has 0 aliphatic carbocycles. The van der Waals surface area contributed by atoms with Crippen molar-refractivity contribution in [3.05, 3.63) is 5.01 Å². The van der Waals surface area contributed by atoms with Crippen LogP contribution in [-0.2, 0) is 0 Å². The maximum Gasteiger partial charge on any atom is 0.174 e. The van der Waals surface area contributed by atoms with Crippen LogP contribution in [0.5, 0.6) is 0 Å². The van der Waals surface area contributed by atoms with Gasteiger partial charge in [0, 0.05) is 11.8 Å². The van der Waals surface area contributed by atoms with Crippen LogP contribution < -0.4 is 5.32 Å². The van der Waals surface area contributed by atoms with Gasteiger partial charge in [0.25, 0.3) is 0 Å². The van der Waals surface area contributed by atoms with Crippen LogP contribution in [0.3, 0.4) is 0 Å². The number of hydrogen-bond acceptors (Lipinski definition) is 5. The lowest BCUT2D eigenvalue weighted by atomic mass is 10.2. The van der Waals surface area contributed by atoms with Gasteiger partial charge in [0.15, 0.2) is 4.34 Å². The van der Waals surface area contributed by atoms with Crippen LogP contribution in [0, 0.1) is 6.92 Å². The Morgan fingerprint density at radius 1 is 1.47 bits per heavy atom. The Labute approximate surface area is 100 Å². The van der Waals surface area contributed by atoms with Gasteiger partial charge in [-0.3, -0.25) is 0 Å². The number of aromatic nitrogens is 2. The lowest BCUT2D eigenvalue weighted by Crippen LogP contribution is -2.25. The zero-order chi connectivity index (χ0) is 11.1. The first-order chi connectivity index (χ1) is 7.22. The molecule has 1 rings (SSSR count). The number of nitrogens with one attached hydrogen (secondary N) is 1. The van der Waals surface area contributed by atoms with Crippen LogP contribution in [0.25, 0.3) is 0 Å². The monoisotopic (exact) mass is 245 g/mol.